The predicted molar refractivity (Wildman–Crippen MR) is 62.9 cm³/mol. The molecule has 0 aromatic carbocycles. The van der Waals surface area contributed by atoms with E-state index >= 15 is 0 Å². The molecule has 2 fully saturated rings. The fourth-order valence-electron chi connectivity index (χ4n) is 4.72. The van der Waals surface area contributed by atoms with Crippen LogP contribution in [0.3, 0.4) is 0 Å². The normalized spacial score (nSPS) is 31.1. The molecule has 0 nitrogen and oxygen atoms in total. The standard InChI is InChI=1S/2C5H5.2C2H4.2ClH.Hf/c2*1-2-4-5-3-1;2*1-2;;;/h2*1-3H,4H2;2*1-2H2;2*1H;/q;;;;;;+2/p-2. The van der Waals surface area contributed by atoms with Crippen LogP contribution in [0.2, 0.25) is 16.7 Å². The second-order valence-electron chi connectivity index (χ2n) is 6.69. The molecule has 0 radical (unpaired) electrons. The summed E-state index contributed by atoms with van der Waals surface area (Å²) in [6.45, 7) is 0. The van der Waals surface area contributed by atoms with Crippen molar-refractivity contribution in [3.05, 3.63) is 43.1 Å². The Balaban J connectivity index is 0.000000540. The summed E-state index contributed by atoms with van der Waals surface area (Å²) in [7, 11) is 0. The van der Waals surface area contributed by atoms with Crippen molar-refractivity contribution in [2.24, 2.45) is 0 Å². The van der Waals surface area contributed by atoms with Crippen molar-refractivity contribution >= 4 is 0 Å². The van der Waals surface area contributed by atoms with Gasteiger partial charge in [-0.3, -0.25) is 0 Å². The zero-order chi connectivity index (χ0) is 10.0. The van der Waals surface area contributed by atoms with Crippen molar-refractivity contribution in [3.63, 3.8) is 0 Å². The molecule has 0 N–H and O–H groups in total. The average molecular weight is 436 g/mol. The molecule has 0 atom stereocenters. The fourth-order valence-corrected chi connectivity index (χ4v) is 69.3. The minimum absolute atomic E-state index is 0. The van der Waals surface area contributed by atoms with E-state index in [0.717, 1.165) is 0 Å². The topological polar surface area (TPSA) is 0 Å². The molecule has 17 heavy (non-hydrogen) atoms. The maximum atomic E-state index is 2.50. The van der Waals surface area contributed by atoms with Crippen LogP contribution in [0.1, 0.15) is 12.8 Å². The van der Waals surface area contributed by atoms with Crippen molar-refractivity contribution in [2.45, 2.75) is 29.6 Å². The van der Waals surface area contributed by atoms with Gasteiger partial charge in [0.05, 0.1) is 0 Å². The van der Waals surface area contributed by atoms with E-state index in [2.05, 4.69) is 36.5 Å². The second kappa shape index (κ2) is 3.49. The predicted octanol–water partition coefficient (Wildman–Crippen LogP) is -1.39. The SMILES string of the molecule is C1=CC[C]([Hf+2]23([C]4=CC=CC4)([CH2][CH2]2)[CH2][CH2]3)=C1.[Cl-].[Cl-]. The summed E-state index contributed by atoms with van der Waals surface area (Å²) >= 11 is -2.84. The molecule has 0 amide bonds. The average Bonchev–Trinajstić information content (AvgIpc) is 2.97. The van der Waals surface area contributed by atoms with Gasteiger partial charge in [0.2, 0.25) is 0 Å². The Kier molecular flexibility index (Phi) is 2.84. The third kappa shape index (κ3) is 1.24. The van der Waals surface area contributed by atoms with Crippen LogP contribution in [0.4, 0.5) is 0 Å². The second-order valence-corrected chi connectivity index (χ2v) is 40.3. The van der Waals surface area contributed by atoms with E-state index in [1.807, 2.05) is 6.66 Å². The molecule has 0 aromatic heterocycles. The Bertz CT molecular complexity index is 441. The Morgan fingerprint density at radius 1 is 0.706 bits per heavy atom. The molecule has 0 aromatic rings. The maximum Gasteiger partial charge on any atom is -1.00 e. The fraction of sp³-hybridized carbons (Fsp3) is 0.429. The smallest absolute Gasteiger partial charge is 1.00 e. The first-order valence-electron chi connectivity index (χ1n) is 6.35. The molecule has 3 heteroatoms. The molecular formula is C14H18Cl2Hf. The van der Waals surface area contributed by atoms with Crippen LogP contribution < -0.4 is 24.8 Å². The van der Waals surface area contributed by atoms with Crippen LogP contribution in [-0.2, 0) is 17.0 Å². The van der Waals surface area contributed by atoms with Crippen molar-refractivity contribution < 1.29 is 41.8 Å². The van der Waals surface area contributed by atoms with E-state index in [4.69, 9.17) is 0 Å². The first-order valence-corrected chi connectivity index (χ1v) is 20.1. The Labute approximate surface area is 114 Å². The van der Waals surface area contributed by atoms with E-state index < -0.39 is 17.0 Å². The number of halogens is 2. The molecule has 4 aliphatic rings. The molecule has 4 rings (SSSR count). The monoisotopic (exact) mass is 436 g/mol. The molecule has 92 valence electrons. The van der Waals surface area contributed by atoms with Crippen molar-refractivity contribution in [2.75, 3.05) is 0 Å². The first kappa shape index (κ1) is 13.8. The third-order valence-electron chi connectivity index (χ3n) is 6.59. The number of hydrogen-bond acceptors (Lipinski definition) is 0. The summed E-state index contributed by atoms with van der Waals surface area (Å²) < 4.78 is 10.4. The van der Waals surface area contributed by atoms with Crippen LogP contribution in [0.15, 0.2) is 43.1 Å². The Hall–Kier alpha value is 0.410. The minimum atomic E-state index is -2.84. The van der Waals surface area contributed by atoms with Gasteiger partial charge in [0.25, 0.3) is 0 Å². The molecular weight excluding hydrogens is 418 g/mol. The van der Waals surface area contributed by atoms with Crippen molar-refractivity contribution in [1.82, 2.24) is 0 Å². The molecule has 2 heterocycles. The van der Waals surface area contributed by atoms with Gasteiger partial charge in [0.1, 0.15) is 0 Å². The summed E-state index contributed by atoms with van der Waals surface area (Å²) in [5, 5.41) is 0. The van der Waals surface area contributed by atoms with Crippen molar-refractivity contribution in [1.29, 1.82) is 0 Å². The molecule has 2 saturated heterocycles. The molecule has 2 aliphatic heterocycles. The van der Waals surface area contributed by atoms with Crippen LogP contribution in [-0.4, -0.2) is 0 Å². The van der Waals surface area contributed by atoms with E-state index in [1.165, 1.54) is 12.8 Å². The minimum Gasteiger partial charge on any atom is -1.00 e. The van der Waals surface area contributed by atoms with E-state index in [-0.39, 0.29) is 24.8 Å². The summed E-state index contributed by atoms with van der Waals surface area (Å²) in [5.74, 6) is 0. The maximum absolute atomic E-state index is 2.84. The zero-order valence-corrected chi connectivity index (χ0v) is 15.1. The van der Waals surface area contributed by atoms with Gasteiger partial charge in [0.15, 0.2) is 0 Å². The van der Waals surface area contributed by atoms with E-state index in [1.54, 1.807) is 16.7 Å². The van der Waals surface area contributed by atoms with Gasteiger partial charge in [0, 0.05) is 0 Å². The van der Waals surface area contributed by atoms with Crippen LogP contribution in [0, 0.1) is 0 Å². The van der Waals surface area contributed by atoms with Gasteiger partial charge in [-0.15, -0.1) is 0 Å². The van der Waals surface area contributed by atoms with Gasteiger partial charge in [-0.1, -0.05) is 0 Å². The Morgan fingerprint density at radius 3 is 1.35 bits per heavy atom. The van der Waals surface area contributed by atoms with Crippen LogP contribution in [0.5, 0.6) is 0 Å². The summed E-state index contributed by atoms with van der Waals surface area (Å²) in [6, 6.07) is 0. The third-order valence-corrected chi connectivity index (χ3v) is 45.6. The summed E-state index contributed by atoms with van der Waals surface area (Å²) in [5.41, 5.74) is 0. The number of rotatable bonds is 2. The molecule has 0 saturated carbocycles. The Morgan fingerprint density at radius 2 is 1.12 bits per heavy atom. The molecule has 1 spiro atoms. The summed E-state index contributed by atoms with van der Waals surface area (Å²) in [6.07, 6.45) is 17.0. The summed E-state index contributed by atoms with van der Waals surface area (Å²) in [4.78, 5) is 0. The number of allylic oxidation sites excluding steroid dienone is 8. The number of hydrogen-bond donors (Lipinski definition) is 0. The molecule has 0 unspecified atom stereocenters. The molecule has 2 aliphatic carbocycles. The molecule has 0 bridgehead atoms. The quantitative estimate of drug-likeness (QED) is 0.469. The van der Waals surface area contributed by atoms with Gasteiger partial charge in [-0.2, -0.15) is 0 Å². The van der Waals surface area contributed by atoms with Gasteiger partial charge in [-0.05, 0) is 0 Å². The largest absolute Gasteiger partial charge is 1.00 e. The zero-order valence-electron chi connectivity index (χ0n) is 9.96. The van der Waals surface area contributed by atoms with Gasteiger partial charge >= 0.3 is 89.7 Å². The first-order chi connectivity index (χ1) is 7.26. The van der Waals surface area contributed by atoms with E-state index in [9.17, 15) is 0 Å². The van der Waals surface area contributed by atoms with Gasteiger partial charge < -0.3 is 24.8 Å². The van der Waals surface area contributed by atoms with E-state index in [0.29, 0.717) is 0 Å². The van der Waals surface area contributed by atoms with Crippen LogP contribution in [0.25, 0.3) is 0 Å². The van der Waals surface area contributed by atoms with Crippen molar-refractivity contribution in [3.8, 4) is 0 Å². The van der Waals surface area contributed by atoms with Crippen LogP contribution >= 0.6 is 0 Å². The van der Waals surface area contributed by atoms with Gasteiger partial charge in [-0.25, -0.2) is 0 Å².